The zero-order chi connectivity index (χ0) is 52.1. The summed E-state index contributed by atoms with van der Waals surface area (Å²) in [6.45, 7) is 2.40. The van der Waals surface area contributed by atoms with Gasteiger partial charge in [0.2, 0.25) is 5.91 Å². The van der Waals surface area contributed by atoms with Crippen molar-refractivity contribution >= 4 is 5.91 Å². The average molecular weight is 1020 g/mol. The number of amides is 1. The predicted molar refractivity (Wildman–Crippen MR) is 275 cm³/mol. The molecule has 14 atom stereocenters. The van der Waals surface area contributed by atoms with E-state index in [2.05, 4.69) is 19.2 Å². The fraction of sp³-hybridized carbons (Fsp3) is 0.982. The topological polar surface area (TPSA) is 268 Å². The van der Waals surface area contributed by atoms with Crippen molar-refractivity contribution in [1.29, 1.82) is 0 Å². The minimum absolute atomic E-state index is 0.204. The van der Waals surface area contributed by atoms with E-state index < -0.39 is 111 Å². The molecule has 0 bridgehead atoms. The van der Waals surface area contributed by atoms with Crippen LogP contribution in [0.15, 0.2) is 0 Å². The molecule has 0 aromatic heterocycles. The number of rotatable bonds is 47. The number of unbranched alkanes of at least 4 members (excludes halogenated alkanes) is 31. The smallest absolute Gasteiger partial charge is 0.249 e. The maximum Gasteiger partial charge on any atom is 0.249 e. The molecule has 2 aliphatic heterocycles. The molecule has 16 heteroatoms. The van der Waals surface area contributed by atoms with Crippen molar-refractivity contribution in [1.82, 2.24) is 5.32 Å². The van der Waals surface area contributed by atoms with Crippen LogP contribution in [0.5, 0.6) is 0 Å². The van der Waals surface area contributed by atoms with E-state index in [1.54, 1.807) is 0 Å². The summed E-state index contributed by atoms with van der Waals surface area (Å²) in [6, 6.07) is -1.28. The van der Waals surface area contributed by atoms with Gasteiger partial charge in [-0.15, -0.1) is 0 Å². The number of ether oxygens (including phenoxy) is 4. The van der Waals surface area contributed by atoms with E-state index in [1.807, 2.05) is 0 Å². The third-order valence-electron chi connectivity index (χ3n) is 14.7. The SMILES string of the molecule is CCCCCCCCCCCCCCCCCCCC[C@@H](O)C(=O)N[C@@H](CO[C@H]1O[C@H](CO)[C@H](O)[C@H](O[C@@H]2O[C@@H]([C@H](O)CO)[C@H](O)[C@H]2O)[C@H]1O)[C@H](O)[C@H](O)CCCCCCCCCCCCCCCCC. The van der Waals surface area contributed by atoms with Crippen LogP contribution in [0.2, 0.25) is 0 Å². The number of hydrogen-bond donors (Lipinski definition) is 11. The third-order valence-corrected chi connectivity index (χ3v) is 14.7. The number of hydrogen-bond acceptors (Lipinski definition) is 15. The fourth-order valence-corrected chi connectivity index (χ4v) is 9.95. The second-order valence-electron chi connectivity index (χ2n) is 21.1. The first kappa shape index (κ1) is 66.0. The van der Waals surface area contributed by atoms with Gasteiger partial charge in [-0.2, -0.15) is 0 Å². The molecule has 2 rings (SSSR count). The maximum absolute atomic E-state index is 13.4. The van der Waals surface area contributed by atoms with Crippen molar-refractivity contribution < 1.29 is 74.8 Å². The highest BCUT2D eigenvalue weighted by Crippen LogP contribution is 2.31. The Hall–Kier alpha value is -1.09. The lowest BCUT2D eigenvalue weighted by Gasteiger charge is -2.43. The molecular formula is C55H107NO15. The number of carbonyl (C=O) groups is 1. The molecule has 0 unspecified atom stereocenters. The normalized spacial score (nSPS) is 25.8. The van der Waals surface area contributed by atoms with Crippen LogP contribution >= 0.6 is 0 Å². The van der Waals surface area contributed by atoms with E-state index in [0.29, 0.717) is 12.8 Å². The third kappa shape index (κ3) is 28.0. The quantitative estimate of drug-likeness (QED) is 0.0277. The summed E-state index contributed by atoms with van der Waals surface area (Å²) in [7, 11) is 0. The van der Waals surface area contributed by atoms with Crippen LogP contribution < -0.4 is 5.32 Å². The van der Waals surface area contributed by atoms with Crippen molar-refractivity contribution in [2.45, 2.75) is 324 Å². The number of aliphatic hydroxyl groups is 10. The van der Waals surface area contributed by atoms with Gasteiger partial charge in [-0.1, -0.05) is 226 Å². The Bertz CT molecular complexity index is 1240. The zero-order valence-electron chi connectivity index (χ0n) is 44.5. The maximum atomic E-state index is 13.4. The monoisotopic (exact) mass is 1020 g/mol. The lowest BCUT2D eigenvalue weighted by molar-refractivity contribution is -0.332. The molecule has 2 fully saturated rings. The highest BCUT2D eigenvalue weighted by molar-refractivity contribution is 5.80. The van der Waals surface area contributed by atoms with Crippen molar-refractivity contribution in [3.63, 3.8) is 0 Å². The van der Waals surface area contributed by atoms with Gasteiger partial charge in [0, 0.05) is 0 Å². The first-order valence-corrected chi connectivity index (χ1v) is 29.0. The van der Waals surface area contributed by atoms with Gasteiger partial charge in [0.05, 0.1) is 32.0 Å². The molecule has 0 radical (unpaired) electrons. The van der Waals surface area contributed by atoms with Crippen LogP contribution in [0.25, 0.3) is 0 Å². The molecule has 2 aliphatic rings. The fourth-order valence-electron chi connectivity index (χ4n) is 9.95. The molecule has 71 heavy (non-hydrogen) atoms. The molecular weight excluding hydrogens is 915 g/mol. The van der Waals surface area contributed by atoms with Crippen molar-refractivity contribution in [3.05, 3.63) is 0 Å². The van der Waals surface area contributed by atoms with E-state index >= 15 is 0 Å². The van der Waals surface area contributed by atoms with E-state index in [0.717, 1.165) is 44.9 Å². The highest BCUT2D eigenvalue weighted by atomic mass is 16.7. The summed E-state index contributed by atoms with van der Waals surface area (Å²) in [5, 5.41) is 109. The summed E-state index contributed by atoms with van der Waals surface area (Å²) >= 11 is 0. The van der Waals surface area contributed by atoms with Crippen molar-refractivity contribution in [2.24, 2.45) is 0 Å². The summed E-state index contributed by atoms with van der Waals surface area (Å²) in [4.78, 5) is 13.4. The molecule has 0 aromatic rings. The number of nitrogens with one attached hydrogen (secondary N) is 1. The molecule has 16 nitrogen and oxygen atoms in total. The first-order chi connectivity index (χ1) is 34.4. The molecule has 2 heterocycles. The minimum atomic E-state index is -1.82. The second kappa shape index (κ2) is 42.1. The Morgan fingerprint density at radius 3 is 1.32 bits per heavy atom. The van der Waals surface area contributed by atoms with Crippen molar-refractivity contribution in [3.8, 4) is 0 Å². The Morgan fingerprint density at radius 1 is 0.507 bits per heavy atom. The molecule has 0 aromatic carbocycles. The number of carbonyl (C=O) groups excluding carboxylic acids is 1. The van der Waals surface area contributed by atoms with Crippen molar-refractivity contribution in [2.75, 3.05) is 19.8 Å². The lowest BCUT2D eigenvalue weighted by atomic mass is 9.98. The van der Waals surface area contributed by atoms with Gasteiger partial charge in [0.15, 0.2) is 12.6 Å². The van der Waals surface area contributed by atoms with Gasteiger partial charge < -0.3 is 75.3 Å². The van der Waals surface area contributed by atoms with Gasteiger partial charge >= 0.3 is 0 Å². The van der Waals surface area contributed by atoms with Crippen LogP contribution in [0.1, 0.15) is 239 Å². The second-order valence-corrected chi connectivity index (χ2v) is 21.1. The van der Waals surface area contributed by atoms with Crippen LogP contribution in [-0.2, 0) is 23.7 Å². The number of aliphatic hydroxyl groups excluding tert-OH is 10. The largest absolute Gasteiger partial charge is 0.394 e. The Kier molecular flexibility index (Phi) is 39.1. The van der Waals surface area contributed by atoms with E-state index in [9.17, 15) is 55.9 Å². The standard InChI is InChI=1S/C55H107NO15/c1-3-5-7-9-11-13-15-17-19-20-21-23-25-27-29-31-33-35-37-43(60)53(67)56-41(46(62)42(59)36-34-32-30-28-26-24-22-18-16-14-12-10-8-6-4-2)40-68-54-50(66)52(47(63)45(39-58)69-54)71-55-49(65)48(64)51(70-55)44(61)38-57/h41-52,54-55,57-66H,3-40H2,1-2H3,(H,56,67)/t41-,42+,43+,44+,45+,46-,47-,48+,49+,50+,51-,52-,54-,55-/m0/s1. The van der Waals surface area contributed by atoms with E-state index in [1.165, 1.54) is 154 Å². The Balaban J connectivity index is 1.87. The lowest BCUT2D eigenvalue weighted by Crippen LogP contribution is -2.62. The average Bonchev–Trinajstić information content (AvgIpc) is 3.65. The van der Waals surface area contributed by atoms with Gasteiger partial charge in [0.25, 0.3) is 0 Å². The van der Waals surface area contributed by atoms with Crippen LogP contribution in [0.4, 0.5) is 0 Å². The predicted octanol–water partition coefficient (Wildman–Crippen LogP) is 6.89. The van der Waals surface area contributed by atoms with Crippen LogP contribution in [0.3, 0.4) is 0 Å². The summed E-state index contributed by atoms with van der Waals surface area (Å²) in [5.41, 5.74) is 0. The van der Waals surface area contributed by atoms with Gasteiger partial charge in [-0.05, 0) is 12.8 Å². The highest BCUT2D eigenvalue weighted by Gasteiger charge is 2.52. The summed E-state index contributed by atoms with van der Waals surface area (Å²) in [6.07, 6.45) is 19.7. The Morgan fingerprint density at radius 2 is 0.915 bits per heavy atom. The van der Waals surface area contributed by atoms with E-state index in [4.69, 9.17) is 18.9 Å². The minimum Gasteiger partial charge on any atom is -0.394 e. The molecule has 0 spiro atoms. The summed E-state index contributed by atoms with van der Waals surface area (Å²) < 4.78 is 22.6. The van der Waals surface area contributed by atoms with Crippen LogP contribution in [0, 0.1) is 0 Å². The summed E-state index contributed by atoms with van der Waals surface area (Å²) in [5.74, 6) is -0.760. The Labute approximate surface area is 429 Å². The van der Waals surface area contributed by atoms with Gasteiger partial charge in [0.1, 0.15) is 61.0 Å². The molecule has 422 valence electrons. The first-order valence-electron chi connectivity index (χ1n) is 29.0. The van der Waals surface area contributed by atoms with Crippen LogP contribution in [-0.4, -0.2) is 163 Å². The zero-order valence-corrected chi connectivity index (χ0v) is 44.5. The van der Waals surface area contributed by atoms with Gasteiger partial charge in [-0.25, -0.2) is 0 Å². The molecule has 0 aliphatic carbocycles. The molecule has 2 saturated heterocycles. The molecule has 11 N–H and O–H groups in total. The van der Waals surface area contributed by atoms with E-state index in [-0.39, 0.29) is 12.8 Å². The molecule has 1 amide bonds. The molecule has 0 saturated carbocycles. The van der Waals surface area contributed by atoms with Gasteiger partial charge in [-0.3, -0.25) is 4.79 Å².